The third-order valence-electron chi connectivity index (χ3n) is 2.32. The van der Waals surface area contributed by atoms with Crippen molar-refractivity contribution >= 4 is 10.0 Å². The predicted molar refractivity (Wildman–Crippen MR) is 54.3 cm³/mol. The van der Waals surface area contributed by atoms with E-state index >= 15 is 0 Å². The molecular weight excluding hydrogens is 218 g/mol. The van der Waals surface area contributed by atoms with Gasteiger partial charge in [0.25, 0.3) is 0 Å². The van der Waals surface area contributed by atoms with E-state index in [4.69, 9.17) is 15.7 Å². The van der Waals surface area contributed by atoms with Crippen molar-refractivity contribution < 1.29 is 13.2 Å². The maximum atomic E-state index is 11.3. The zero-order valence-electron chi connectivity index (χ0n) is 8.51. The highest BCUT2D eigenvalue weighted by Gasteiger charge is 2.41. The first-order valence-electron chi connectivity index (χ1n) is 4.74. The summed E-state index contributed by atoms with van der Waals surface area (Å²) in [5, 5.41) is 8.31. The van der Waals surface area contributed by atoms with Crippen molar-refractivity contribution in [2.45, 2.75) is 31.5 Å². The van der Waals surface area contributed by atoms with Crippen LogP contribution in [0, 0.1) is 11.3 Å². The standard InChI is InChI=1S/C8H15N3O3S/c1-2-14-7-5-6(10)8(7)11-15(12,13)4-3-9/h6-8,11H,2,4-5,10H2,1H3. The van der Waals surface area contributed by atoms with Gasteiger partial charge in [-0.05, 0) is 13.3 Å². The minimum atomic E-state index is -3.55. The number of nitrogens with two attached hydrogens (primary N) is 1. The van der Waals surface area contributed by atoms with Crippen LogP contribution in [0.2, 0.25) is 0 Å². The molecule has 0 aliphatic heterocycles. The molecule has 6 nitrogen and oxygen atoms in total. The molecule has 0 aromatic carbocycles. The SMILES string of the molecule is CCOC1CC(N)C1NS(=O)(=O)CC#N. The van der Waals surface area contributed by atoms with Crippen LogP contribution in [-0.4, -0.2) is 39.0 Å². The van der Waals surface area contributed by atoms with Gasteiger partial charge in [-0.15, -0.1) is 0 Å². The van der Waals surface area contributed by atoms with E-state index in [-0.39, 0.29) is 12.1 Å². The minimum Gasteiger partial charge on any atom is -0.377 e. The fourth-order valence-electron chi connectivity index (χ4n) is 1.52. The molecule has 0 spiro atoms. The molecule has 3 N–H and O–H groups in total. The minimum absolute atomic E-state index is 0.168. The Balaban J connectivity index is 2.54. The van der Waals surface area contributed by atoms with Gasteiger partial charge in [-0.1, -0.05) is 0 Å². The van der Waals surface area contributed by atoms with Crippen LogP contribution in [0.25, 0.3) is 0 Å². The molecule has 0 aromatic rings. The van der Waals surface area contributed by atoms with E-state index in [2.05, 4.69) is 4.72 Å². The normalized spacial score (nSPS) is 30.6. The molecule has 15 heavy (non-hydrogen) atoms. The number of rotatable bonds is 5. The molecule has 1 aliphatic rings. The largest absolute Gasteiger partial charge is 0.377 e. The topological polar surface area (TPSA) is 105 Å². The summed E-state index contributed by atoms with van der Waals surface area (Å²) in [4.78, 5) is 0. The predicted octanol–water partition coefficient (Wildman–Crippen LogP) is -1.07. The van der Waals surface area contributed by atoms with Crippen molar-refractivity contribution in [1.82, 2.24) is 4.72 Å². The molecule has 1 fully saturated rings. The summed E-state index contributed by atoms with van der Waals surface area (Å²) >= 11 is 0. The second kappa shape index (κ2) is 4.90. The first-order chi connectivity index (χ1) is 7.00. The van der Waals surface area contributed by atoms with Gasteiger partial charge < -0.3 is 10.5 Å². The van der Waals surface area contributed by atoms with Gasteiger partial charge in [0.2, 0.25) is 10.0 Å². The average Bonchev–Trinajstić information content (AvgIpc) is 2.15. The average molecular weight is 233 g/mol. The third kappa shape index (κ3) is 3.14. The Labute approximate surface area is 89.4 Å². The van der Waals surface area contributed by atoms with E-state index < -0.39 is 21.8 Å². The zero-order chi connectivity index (χ0) is 11.5. The molecule has 7 heteroatoms. The molecule has 3 unspecified atom stereocenters. The summed E-state index contributed by atoms with van der Waals surface area (Å²) in [6, 6.07) is 0.965. The lowest BCUT2D eigenvalue weighted by Crippen LogP contribution is -2.64. The number of nitrogens with zero attached hydrogens (tertiary/aromatic N) is 1. The van der Waals surface area contributed by atoms with Crippen molar-refractivity contribution in [3.05, 3.63) is 0 Å². The molecule has 3 atom stereocenters. The highest BCUT2D eigenvalue weighted by Crippen LogP contribution is 2.23. The Morgan fingerprint density at radius 3 is 2.80 bits per heavy atom. The molecule has 0 amide bonds. The molecule has 0 saturated heterocycles. The van der Waals surface area contributed by atoms with E-state index in [1.165, 1.54) is 0 Å². The Kier molecular flexibility index (Phi) is 4.04. The lowest BCUT2D eigenvalue weighted by atomic mass is 9.84. The van der Waals surface area contributed by atoms with Crippen molar-refractivity contribution in [2.24, 2.45) is 5.73 Å². The second-order valence-corrected chi connectivity index (χ2v) is 5.21. The Morgan fingerprint density at radius 2 is 2.33 bits per heavy atom. The van der Waals surface area contributed by atoms with Gasteiger partial charge in [0.05, 0.1) is 18.2 Å². The zero-order valence-corrected chi connectivity index (χ0v) is 9.33. The van der Waals surface area contributed by atoms with Crippen LogP contribution in [0.5, 0.6) is 0 Å². The number of nitriles is 1. The maximum Gasteiger partial charge on any atom is 0.225 e. The van der Waals surface area contributed by atoms with Crippen LogP contribution in [0.3, 0.4) is 0 Å². The van der Waals surface area contributed by atoms with Gasteiger partial charge in [-0.3, -0.25) is 0 Å². The van der Waals surface area contributed by atoms with Gasteiger partial charge in [0.1, 0.15) is 0 Å². The Bertz CT molecular complexity index is 347. The van der Waals surface area contributed by atoms with Crippen molar-refractivity contribution in [3.8, 4) is 6.07 Å². The number of hydrogen-bond donors (Lipinski definition) is 2. The lowest BCUT2D eigenvalue weighted by molar-refractivity contribution is -0.0247. The first kappa shape index (κ1) is 12.4. The monoisotopic (exact) mass is 233 g/mol. The van der Waals surface area contributed by atoms with Gasteiger partial charge in [0.15, 0.2) is 5.75 Å². The summed E-state index contributed by atoms with van der Waals surface area (Å²) < 4.78 is 30.2. The smallest absolute Gasteiger partial charge is 0.225 e. The van der Waals surface area contributed by atoms with E-state index in [1.807, 2.05) is 6.92 Å². The molecule has 1 saturated carbocycles. The Morgan fingerprint density at radius 1 is 1.67 bits per heavy atom. The van der Waals surface area contributed by atoms with Crippen LogP contribution < -0.4 is 10.5 Å². The highest BCUT2D eigenvalue weighted by molar-refractivity contribution is 7.89. The van der Waals surface area contributed by atoms with Crippen LogP contribution in [0.1, 0.15) is 13.3 Å². The number of nitrogens with one attached hydrogen (secondary N) is 1. The van der Waals surface area contributed by atoms with Crippen LogP contribution in [0.15, 0.2) is 0 Å². The lowest BCUT2D eigenvalue weighted by Gasteiger charge is -2.41. The quantitative estimate of drug-likeness (QED) is 0.629. The fraction of sp³-hybridized carbons (Fsp3) is 0.875. The van der Waals surface area contributed by atoms with Crippen LogP contribution in [-0.2, 0) is 14.8 Å². The van der Waals surface area contributed by atoms with Gasteiger partial charge in [0, 0.05) is 12.6 Å². The Hall–Kier alpha value is -0.680. The van der Waals surface area contributed by atoms with E-state index in [0.717, 1.165) is 0 Å². The summed E-state index contributed by atoms with van der Waals surface area (Å²) in [5.41, 5.74) is 5.66. The summed E-state index contributed by atoms with van der Waals surface area (Å²) in [5.74, 6) is -0.547. The molecule has 0 bridgehead atoms. The number of ether oxygens (including phenoxy) is 1. The second-order valence-electron chi connectivity index (χ2n) is 3.45. The molecule has 0 heterocycles. The summed E-state index contributed by atoms with van der Waals surface area (Å²) in [7, 11) is -3.55. The number of hydrogen-bond acceptors (Lipinski definition) is 5. The third-order valence-corrected chi connectivity index (χ3v) is 3.46. The highest BCUT2D eigenvalue weighted by atomic mass is 32.2. The first-order valence-corrected chi connectivity index (χ1v) is 6.39. The maximum absolute atomic E-state index is 11.3. The molecule has 0 radical (unpaired) electrons. The van der Waals surface area contributed by atoms with Gasteiger partial charge >= 0.3 is 0 Å². The molecule has 1 rings (SSSR count). The van der Waals surface area contributed by atoms with E-state index in [0.29, 0.717) is 13.0 Å². The van der Waals surface area contributed by atoms with E-state index in [1.54, 1.807) is 6.07 Å². The van der Waals surface area contributed by atoms with Gasteiger partial charge in [-0.25, -0.2) is 13.1 Å². The van der Waals surface area contributed by atoms with Gasteiger partial charge in [-0.2, -0.15) is 5.26 Å². The molecular formula is C8H15N3O3S. The molecule has 1 aliphatic carbocycles. The van der Waals surface area contributed by atoms with Crippen molar-refractivity contribution in [1.29, 1.82) is 5.26 Å². The van der Waals surface area contributed by atoms with Crippen molar-refractivity contribution in [2.75, 3.05) is 12.4 Å². The fourth-order valence-corrected chi connectivity index (χ4v) is 2.52. The van der Waals surface area contributed by atoms with Crippen molar-refractivity contribution in [3.63, 3.8) is 0 Å². The van der Waals surface area contributed by atoms with Crippen LogP contribution in [0.4, 0.5) is 0 Å². The number of sulfonamides is 1. The summed E-state index contributed by atoms with van der Waals surface area (Å²) in [6.07, 6.45) is 0.478. The molecule has 86 valence electrons. The van der Waals surface area contributed by atoms with E-state index in [9.17, 15) is 8.42 Å². The van der Waals surface area contributed by atoms with Crippen LogP contribution >= 0.6 is 0 Å². The molecule has 0 aromatic heterocycles. The summed E-state index contributed by atoms with van der Waals surface area (Å²) in [6.45, 7) is 2.36.